The van der Waals surface area contributed by atoms with Crippen LogP contribution in [0.25, 0.3) is 5.69 Å². The van der Waals surface area contributed by atoms with Crippen molar-refractivity contribution in [2.45, 2.75) is 0 Å². The number of pyridine rings is 1. The highest BCUT2D eigenvalue weighted by Crippen LogP contribution is 2.26. The fraction of sp³-hybridized carbons (Fsp3) is 0. The Bertz CT molecular complexity index is 621. The third-order valence-electron chi connectivity index (χ3n) is 2.49. The Labute approximate surface area is 104 Å². The number of hydrogen-bond donors (Lipinski definition) is 0. The molecule has 0 amide bonds. The molecule has 1 aromatic carbocycles. The van der Waals surface area contributed by atoms with E-state index in [-0.39, 0.29) is 0 Å². The van der Waals surface area contributed by atoms with Crippen LogP contribution in [0.1, 0.15) is 0 Å². The minimum atomic E-state index is 0.754. The van der Waals surface area contributed by atoms with Gasteiger partial charge in [-0.3, -0.25) is 4.98 Å². The second-order valence-electron chi connectivity index (χ2n) is 3.70. The van der Waals surface area contributed by atoms with Crippen molar-refractivity contribution < 1.29 is 4.74 Å². The van der Waals surface area contributed by atoms with Crippen LogP contribution in [-0.4, -0.2) is 14.8 Å². The summed E-state index contributed by atoms with van der Waals surface area (Å²) < 4.78 is 7.61. The minimum Gasteiger partial charge on any atom is -0.455 e. The molecule has 88 valence electrons. The van der Waals surface area contributed by atoms with Gasteiger partial charge >= 0.3 is 0 Å². The highest BCUT2D eigenvalue weighted by atomic mass is 16.5. The lowest BCUT2D eigenvalue weighted by Gasteiger charge is -2.10. The van der Waals surface area contributed by atoms with Crippen molar-refractivity contribution in [3.8, 4) is 17.2 Å². The van der Waals surface area contributed by atoms with Gasteiger partial charge in [0.2, 0.25) is 0 Å². The molecule has 0 saturated carbocycles. The molecule has 0 aliphatic carbocycles. The largest absolute Gasteiger partial charge is 0.455 e. The van der Waals surface area contributed by atoms with Crippen LogP contribution in [0.2, 0.25) is 0 Å². The SMILES string of the molecule is c1ccc(-n2cccn2)c(Oc2ccncc2)c1. The first-order valence-electron chi connectivity index (χ1n) is 5.60. The summed E-state index contributed by atoms with van der Waals surface area (Å²) in [6.45, 7) is 0. The van der Waals surface area contributed by atoms with Crippen molar-refractivity contribution in [3.05, 3.63) is 67.3 Å². The lowest BCUT2D eigenvalue weighted by molar-refractivity contribution is 0.477. The Kier molecular flexibility index (Phi) is 2.75. The van der Waals surface area contributed by atoms with Crippen LogP contribution < -0.4 is 4.74 Å². The molecule has 0 atom stereocenters. The Morgan fingerprint density at radius 1 is 0.889 bits per heavy atom. The van der Waals surface area contributed by atoms with E-state index in [0.29, 0.717) is 0 Å². The van der Waals surface area contributed by atoms with E-state index in [4.69, 9.17) is 4.74 Å². The molecule has 2 heterocycles. The van der Waals surface area contributed by atoms with Gasteiger partial charge in [0.25, 0.3) is 0 Å². The summed E-state index contributed by atoms with van der Waals surface area (Å²) in [6, 6.07) is 13.3. The number of benzene rings is 1. The summed E-state index contributed by atoms with van der Waals surface area (Å²) >= 11 is 0. The predicted octanol–water partition coefficient (Wildman–Crippen LogP) is 3.06. The fourth-order valence-electron chi connectivity index (χ4n) is 1.68. The second kappa shape index (κ2) is 4.71. The van der Waals surface area contributed by atoms with Crippen LogP contribution in [0.5, 0.6) is 11.5 Å². The van der Waals surface area contributed by atoms with Crippen LogP contribution in [0, 0.1) is 0 Å². The number of rotatable bonds is 3. The van der Waals surface area contributed by atoms with Crippen LogP contribution in [0.4, 0.5) is 0 Å². The molecule has 3 rings (SSSR count). The molecular weight excluding hydrogens is 226 g/mol. The van der Waals surface area contributed by atoms with E-state index in [1.807, 2.05) is 48.7 Å². The maximum Gasteiger partial charge on any atom is 0.153 e. The van der Waals surface area contributed by atoms with Gasteiger partial charge in [-0.15, -0.1) is 0 Å². The monoisotopic (exact) mass is 237 g/mol. The highest BCUT2D eigenvalue weighted by Gasteiger charge is 2.06. The Hall–Kier alpha value is -2.62. The molecule has 18 heavy (non-hydrogen) atoms. The summed E-state index contributed by atoms with van der Waals surface area (Å²) in [6.07, 6.45) is 7.02. The van der Waals surface area contributed by atoms with E-state index in [1.54, 1.807) is 23.3 Å². The van der Waals surface area contributed by atoms with E-state index >= 15 is 0 Å². The summed E-state index contributed by atoms with van der Waals surface area (Å²) in [5.74, 6) is 1.51. The van der Waals surface area contributed by atoms with Gasteiger partial charge in [-0.1, -0.05) is 12.1 Å². The smallest absolute Gasteiger partial charge is 0.153 e. The van der Waals surface area contributed by atoms with Gasteiger partial charge in [-0.25, -0.2) is 4.68 Å². The third kappa shape index (κ3) is 2.08. The summed E-state index contributed by atoms with van der Waals surface area (Å²) in [5.41, 5.74) is 0.902. The molecule has 0 saturated heterocycles. The quantitative estimate of drug-likeness (QED) is 0.702. The van der Waals surface area contributed by atoms with Crippen LogP contribution >= 0.6 is 0 Å². The standard InChI is InChI=1S/C14H11N3O/c1-2-5-14(18-12-6-9-15-10-7-12)13(4-1)17-11-3-8-16-17/h1-11H. The van der Waals surface area contributed by atoms with E-state index in [2.05, 4.69) is 10.1 Å². The number of ether oxygens (including phenoxy) is 1. The number of hydrogen-bond acceptors (Lipinski definition) is 3. The lowest BCUT2D eigenvalue weighted by atomic mass is 10.3. The van der Waals surface area contributed by atoms with Crippen molar-refractivity contribution in [1.82, 2.24) is 14.8 Å². The molecule has 2 aromatic heterocycles. The normalized spacial score (nSPS) is 10.2. The summed E-state index contributed by atoms with van der Waals surface area (Å²) in [4.78, 5) is 3.96. The van der Waals surface area contributed by atoms with Crippen molar-refractivity contribution in [1.29, 1.82) is 0 Å². The second-order valence-corrected chi connectivity index (χ2v) is 3.70. The van der Waals surface area contributed by atoms with E-state index < -0.39 is 0 Å². The Balaban J connectivity index is 1.98. The van der Waals surface area contributed by atoms with Crippen molar-refractivity contribution >= 4 is 0 Å². The van der Waals surface area contributed by atoms with Crippen molar-refractivity contribution in [2.75, 3.05) is 0 Å². The molecule has 0 bridgehead atoms. The van der Waals surface area contributed by atoms with Gasteiger partial charge in [0.05, 0.1) is 0 Å². The van der Waals surface area contributed by atoms with Gasteiger partial charge in [0.15, 0.2) is 5.75 Å². The molecule has 0 spiro atoms. The molecule has 0 aliphatic rings. The molecule has 0 radical (unpaired) electrons. The zero-order valence-corrected chi connectivity index (χ0v) is 9.60. The molecule has 4 nitrogen and oxygen atoms in total. The molecular formula is C14H11N3O. The molecule has 0 unspecified atom stereocenters. The predicted molar refractivity (Wildman–Crippen MR) is 67.9 cm³/mol. The zero-order chi connectivity index (χ0) is 12.2. The lowest BCUT2D eigenvalue weighted by Crippen LogP contribution is -1.97. The van der Waals surface area contributed by atoms with E-state index in [9.17, 15) is 0 Å². The number of para-hydroxylation sites is 2. The number of aromatic nitrogens is 3. The Morgan fingerprint density at radius 2 is 1.72 bits per heavy atom. The maximum absolute atomic E-state index is 5.83. The van der Waals surface area contributed by atoms with Crippen LogP contribution in [-0.2, 0) is 0 Å². The van der Waals surface area contributed by atoms with Gasteiger partial charge < -0.3 is 4.74 Å². The molecule has 0 fully saturated rings. The van der Waals surface area contributed by atoms with Crippen LogP contribution in [0.15, 0.2) is 67.3 Å². The zero-order valence-electron chi connectivity index (χ0n) is 9.60. The van der Waals surface area contributed by atoms with Gasteiger partial charge in [-0.05, 0) is 30.3 Å². The average molecular weight is 237 g/mol. The van der Waals surface area contributed by atoms with Gasteiger partial charge in [0, 0.05) is 24.8 Å². The first-order valence-corrected chi connectivity index (χ1v) is 5.60. The summed E-state index contributed by atoms with van der Waals surface area (Å²) in [5, 5.41) is 4.21. The van der Waals surface area contributed by atoms with Crippen LogP contribution in [0.3, 0.4) is 0 Å². The molecule has 4 heteroatoms. The van der Waals surface area contributed by atoms with Gasteiger partial charge in [0.1, 0.15) is 11.4 Å². The Morgan fingerprint density at radius 3 is 2.50 bits per heavy atom. The van der Waals surface area contributed by atoms with Crippen molar-refractivity contribution in [2.24, 2.45) is 0 Å². The van der Waals surface area contributed by atoms with E-state index in [0.717, 1.165) is 17.2 Å². The molecule has 0 N–H and O–H groups in total. The highest BCUT2D eigenvalue weighted by molar-refractivity contribution is 5.47. The molecule has 0 aliphatic heterocycles. The maximum atomic E-state index is 5.83. The van der Waals surface area contributed by atoms with E-state index in [1.165, 1.54) is 0 Å². The first-order chi connectivity index (χ1) is 8.93. The fourth-order valence-corrected chi connectivity index (χ4v) is 1.68. The first kappa shape index (κ1) is 10.5. The molecule has 3 aromatic rings. The average Bonchev–Trinajstić information content (AvgIpc) is 2.94. The van der Waals surface area contributed by atoms with Gasteiger partial charge in [-0.2, -0.15) is 5.10 Å². The topological polar surface area (TPSA) is 39.9 Å². The minimum absolute atomic E-state index is 0.754. The number of nitrogens with zero attached hydrogens (tertiary/aromatic N) is 3. The third-order valence-corrected chi connectivity index (χ3v) is 2.49. The summed E-state index contributed by atoms with van der Waals surface area (Å²) in [7, 11) is 0. The van der Waals surface area contributed by atoms with Crippen molar-refractivity contribution in [3.63, 3.8) is 0 Å².